The average molecular weight is 167 g/mol. The highest BCUT2D eigenvalue weighted by atomic mass is 14.9. The number of hydrogen-bond donors (Lipinski definition) is 1. The molecule has 2 rings (SSSR count). The van der Waals surface area contributed by atoms with Crippen molar-refractivity contribution < 1.29 is 0 Å². The second-order valence-electron chi connectivity index (χ2n) is 5.28. The van der Waals surface area contributed by atoms with E-state index in [1.54, 1.807) is 0 Å². The van der Waals surface area contributed by atoms with Crippen LogP contribution >= 0.6 is 0 Å². The van der Waals surface area contributed by atoms with Crippen LogP contribution < -0.4 is 5.32 Å². The minimum atomic E-state index is 0.705. The van der Waals surface area contributed by atoms with Crippen molar-refractivity contribution in [1.82, 2.24) is 5.32 Å². The lowest BCUT2D eigenvalue weighted by atomic mass is 9.66. The third kappa shape index (κ3) is 1.52. The molecular formula is C11H21N. The summed E-state index contributed by atoms with van der Waals surface area (Å²) in [5, 5.41) is 3.52. The molecule has 1 N–H and O–H groups in total. The molecular weight excluding hydrogens is 146 g/mol. The first kappa shape index (κ1) is 8.55. The molecule has 2 aliphatic rings. The maximum absolute atomic E-state index is 3.52. The van der Waals surface area contributed by atoms with E-state index in [-0.39, 0.29) is 0 Å². The van der Waals surface area contributed by atoms with Gasteiger partial charge in [0.05, 0.1) is 0 Å². The zero-order valence-corrected chi connectivity index (χ0v) is 8.40. The topological polar surface area (TPSA) is 12.0 Å². The molecule has 2 unspecified atom stereocenters. The van der Waals surface area contributed by atoms with Gasteiger partial charge in [0, 0.05) is 6.54 Å². The van der Waals surface area contributed by atoms with E-state index >= 15 is 0 Å². The SMILES string of the molecule is CC1CC(C)CC2(CCNC2)C1. The van der Waals surface area contributed by atoms with E-state index in [0.717, 1.165) is 11.8 Å². The largest absolute Gasteiger partial charge is 0.316 e. The Balaban J connectivity index is 2.04. The van der Waals surface area contributed by atoms with Crippen LogP contribution in [0.3, 0.4) is 0 Å². The van der Waals surface area contributed by atoms with Crippen LogP contribution in [0, 0.1) is 17.3 Å². The Morgan fingerprint density at radius 2 is 1.83 bits per heavy atom. The predicted molar refractivity (Wildman–Crippen MR) is 52.1 cm³/mol. The van der Waals surface area contributed by atoms with E-state index in [0.29, 0.717) is 5.41 Å². The third-order valence-corrected chi connectivity index (χ3v) is 3.70. The molecule has 1 nitrogen and oxygen atoms in total. The second kappa shape index (κ2) is 3.02. The normalized spacial score (nSPS) is 48.5. The number of nitrogens with one attached hydrogen (secondary N) is 1. The predicted octanol–water partition coefficient (Wildman–Crippen LogP) is 2.42. The van der Waals surface area contributed by atoms with Crippen molar-refractivity contribution in [3.63, 3.8) is 0 Å². The van der Waals surface area contributed by atoms with Gasteiger partial charge < -0.3 is 5.32 Å². The summed E-state index contributed by atoms with van der Waals surface area (Å²) in [6.45, 7) is 7.41. The van der Waals surface area contributed by atoms with Gasteiger partial charge in [0.2, 0.25) is 0 Å². The lowest BCUT2D eigenvalue weighted by molar-refractivity contribution is 0.124. The summed E-state index contributed by atoms with van der Waals surface area (Å²) in [5.74, 6) is 1.93. The Kier molecular flexibility index (Phi) is 2.16. The van der Waals surface area contributed by atoms with E-state index in [1.165, 1.54) is 38.8 Å². The minimum Gasteiger partial charge on any atom is -0.316 e. The highest BCUT2D eigenvalue weighted by Gasteiger charge is 2.39. The molecule has 1 heterocycles. The Morgan fingerprint density at radius 3 is 2.33 bits per heavy atom. The van der Waals surface area contributed by atoms with Crippen molar-refractivity contribution in [3.05, 3.63) is 0 Å². The van der Waals surface area contributed by atoms with Crippen molar-refractivity contribution in [2.75, 3.05) is 13.1 Å². The van der Waals surface area contributed by atoms with Crippen LogP contribution in [0.4, 0.5) is 0 Å². The quantitative estimate of drug-likeness (QED) is 0.584. The van der Waals surface area contributed by atoms with Crippen LogP contribution in [0.5, 0.6) is 0 Å². The standard InChI is InChI=1S/C11H21N/c1-9-5-10(2)7-11(6-9)3-4-12-8-11/h9-10,12H,3-8H2,1-2H3. The summed E-state index contributed by atoms with van der Waals surface area (Å²) in [6, 6.07) is 0. The van der Waals surface area contributed by atoms with E-state index in [4.69, 9.17) is 0 Å². The van der Waals surface area contributed by atoms with Crippen molar-refractivity contribution in [2.24, 2.45) is 17.3 Å². The summed E-state index contributed by atoms with van der Waals surface area (Å²) in [6.07, 6.45) is 5.85. The van der Waals surface area contributed by atoms with Crippen LogP contribution in [0.25, 0.3) is 0 Å². The minimum absolute atomic E-state index is 0.705. The Bertz CT molecular complexity index is 146. The van der Waals surface area contributed by atoms with Gasteiger partial charge in [0.1, 0.15) is 0 Å². The highest BCUT2D eigenvalue weighted by Crippen LogP contribution is 2.45. The van der Waals surface area contributed by atoms with Crippen LogP contribution in [-0.4, -0.2) is 13.1 Å². The molecule has 0 aromatic carbocycles. The molecule has 0 radical (unpaired) electrons. The van der Waals surface area contributed by atoms with Gasteiger partial charge >= 0.3 is 0 Å². The Morgan fingerprint density at radius 1 is 1.17 bits per heavy atom. The molecule has 0 amide bonds. The summed E-state index contributed by atoms with van der Waals surface area (Å²) in [5.41, 5.74) is 0.705. The molecule has 0 aromatic rings. The number of rotatable bonds is 0. The van der Waals surface area contributed by atoms with E-state index < -0.39 is 0 Å². The number of hydrogen-bond acceptors (Lipinski definition) is 1. The summed E-state index contributed by atoms with van der Waals surface area (Å²) >= 11 is 0. The molecule has 2 atom stereocenters. The van der Waals surface area contributed by atoms with Crippen molar-refractivity contribution >= 4 is 0 Å². The van der Waals surface area contributed by atoms with Crippen LogP contribution in [0.15, 0.2) is 0 Å². The van der Waals surface area contributed by atoms with Crippen LogP contribution in [-0.2, 0) is 0 Å². The fourth-order valence-electron chi connectivity index (χ4n) is 3.56. The average Bonchev–Trinajstić information content (AvgIpc) is 2.33. The summed E-state index contributed by atoms with van der Waals surface area (Å²) in [7, 11) is 0. The Labute approximate surface area is 75.9 Å². The van der Waals surface area contributed by atoms with E-state index in [2.05, 4.69) is 19.2 Å². The molecule has 0 bridgehead atoms. The highest BCUT2D eigenvalue weighted by molar-refractivity contribution is 4.93. The fourth-order valence-corrected chi connectivity index (χ4v) is 3.56. The fraction of sp³-hybridized carbons (Fsp3) is 1.00. The maximum Gasteiger partial charge on any atom is 0.000849 e. The molecule has 1 heteroatoms. The summed E-state index contributed by atoms with van der Waals surface area (Å²) < 4.78 is 0. The monoisotopic (exact) mass is 167 g/mol. The first-order valence-corrected chi connectivity index (χ1v) is 5.41. The van der Waals surface area contributed by atoms with E-state index in [9.17, 15) is 0 Å². The second-order valence-corrected chi connectivity index (χ2v) is 5.28. The van der Waals surface area contributed by atoms with Gasteiger partial charge in [-0.15, -0.1) is 0 Å². The van der Waals surface area contributed by atoms with Gasteiger partial charge in [0.15, 0.2) is 0 Å². The van der Waals surface area contributed by atoms with Crippen molar-refractivity contribution in [2.45, 2.75) is 39.5 Å². The molecule has 2 fully saturated rings. The van der Waals surface area contributed by atoms with Gasteiger partial charge in [0.25, 0.3) is 0 Å². The van der Waals surface area contributed by atoms with Crippen molar-refractivity contribution in [1.29, 1.82) is 0 Å². The first-order chi connectivity index (χ1) is 5.70. The molecule has 0 aromatic heterocycles. The zero-order valence-electron chi connectivity index (χ0n) is 8.40. The van der Waals surface area contributed by atoms with Crippen LogP contribution in [0.1, 0.15) is 39.5 Å². The smallest absolute Gasteiger partial charge is 0.000849 e. The zero-order chi connectivity index (χ0) is 8.60. The van der Waals surface area contributed by atoms with E-state index in [1.807, 2.05) is 0 Å². The Hall–Kier alpha value is -0.0400. The first-order valence-electron chi connectivity index (χ1n) is 5.41. The molecule has 70 valence electrons. The van der Waals surface area contributed by atoms with Gasteiger partial charge in [-0.3, -0.25) is 0 Å². The van der Waals surface area contributed by atoms with Gasteiger partial charge in [-0.1, -0.05) is 13.8 Å². The van der Waals surface area contributed by atoms with Crippen LogP contribution in [0.2, 0.25) is 0 Å². The molecule has 12 heavy (non-hydrogen) atoms. The molecule has 1 aliphatic heterocycles. The maximum atomic E-state index is 3.52. The van der Waals surface area contributed by atoms with Crippen molar-refractivity contribution in [3.8, 4) is 0 Å². The van der Waals surface area contributed by atoms with Gasteiger partial charge in [-0.25, -0.2) is 0 Å². The lowest BCUT2D eigenvalue weighted by Crippen LogP contribution is -2.33. The summed E-state index contributed by atoms with van der Waals surface area (Å²) in [4.78, 5) is 0. The lowest BCUT2D eigenvalue weighted by Gasteiger charge is -2.39. The molecule has 1 saturated heterocycles. The van der Waals surface area contributed by atoms with Gasteiger partial charge in [-0.05, 0) is 49.5 Å². The molecule has 1 saturated carbocycles. The third-order valence-electron chi connectivity index (χ3n) is 3.70. The van der Waals surface area contributed by atoms with Gasteiger partial charge in [-0.2, -0.15) is 0 Å². The molecule has 1 spiro atoms. The molecule has 1 aliphatic carbocycles.